The number of hydrogen-bond donors (Lipinski definition) is 1. The first kappa shape index (κ1) is 15.4. The van der Waals surface area contributed by atoms with Crippen LogP contribution in [0, 0.1) is 16.0 Å². The summed E-state index contributed by atoms with van der Waals surface area (Å²) in [4.78, 5) is 12.8. The molecule has 0 unspecified atom stereocenters. The molecule has 0 bridgehead atoms. The first-order valence-electron chi connectivity index (χ1n) is 6.87. The van der Waals surface area contributed by atoms with Gasteiger partial charge in [-0.05, 0) is 50.5 Å². The first-order valence-corrected chi connectivity index (χ1v) is 7.67. The largest absolute Gasteiger partial charge is 0.317 e. The number of halogens is 1. The summed E-state index contributed by atoms with van der Waals surface area (Å²) in [5.41, 5.74) is 1.12. The number of rotatable bonds is 5. The third kappa shape index (κ3) is 4.54. The molecule has 1 fully saturated rings. The number of piperidine rings is 1. The zero-order valence-corrected chi connectivity index (χ0v) is 13.2. The molecule has 0 atom stereocenters. The van der Waals surface area contributed by atoms with Crippen LogP contribution in [-0.4, -0.2) is 36.5 Å². The highest BCUT2D eigenvalue weighted by molar-refractivity contribution is 9.10. The average Bonchev–Trinajstić information content (AvgIpc) is 2.38. The Morgan fingerprint density at radius 2 is 2.10 bits per heavy atom. The Bertz CT molecular complexity index is 475. The molecule has 1 saturated heterocycles. The van der Waals surface area contributed by atoms with Crippen LogP contribution in [-0.2, 0) is 6.54 Å². The molecular weight excluding hydrogens is 322 g/mol. The second kappa shape index (κ2) is 7.15. The van der Waals surface area contributed by atoms with Gasteiger partial charge in [-0.25, -0.2) is 0 Å². The molecular formula is C14H20BrN3O2. The van der Waals surface area contributed by atoms with Gasteiger partial charge >= 0.3 is 0 Å². The number of benzene rings is 1. The fourth-order valence-electron chi connectivity index (χ4n) is 2.71. The van der Waals surface area contributed by atoms with E-state index in [9.17, 15) is 10.1 Å². The molecule has 1 heterocycles. The summed E-state index contributed by atoms with van der Waals surface area (Å²) in [6.45, 7) is 3.98. The summed E-state index contributed by atoms with van der Waals surface area (Å²) in [5.74, 6) is 0.725. The van der Waals surface area contributed by atoms with Crippen molar-refractivity contribution >= 4 is 21.6 Å². The third-order valence-electron chi connectivity index (χ3n) is 3.63. The lowest BCUT2D eigenvalue weighted by molar-refractivity contribution is -0.385. The van der Waals surface area contributed by atoms with E-state index in [2.05, 4.69) is 33.2 Å². The standard InChI is InChI=1S/C14H20BrN3O2/c1-17(9-11-2-4-16-5-3-11)10-12-6-13(15)8-14(7-12)18(19)20/h6-8,11,16H,2-5,9-10H2,1H3. The Morgan fingerprint density at radius 3 is 2.75 bits per heavy atom. The van der Waals surface area contributed by atoms with Gasteiger partial charge in [0.15, 0.2) is 0 Å². The molecule has 0 amide bonds. The number of hydrogen-bond acceptors (Lipinski definition) is 4. The summed E-state index contributed by atoms with van der Waals surface area (Å²) < 4.78 is 0.761. The maximum atomic E-state index is 10.9. The lowest BCUT2D eigenvalue weighted by Crippen LogP contribution is -2.34. The third-order valence-corrected chi connectivity index (χ3v) is 4.09. The molecule has 1 N–H and O–H groups in total. The fraction of sp³-hybridized carbons (Fsp3) is 0.571. The van der Waals surface area contributed by atoms with Crippen LogP contribution in [0.25, 0.3) is 0 Å². The quantitative estimate of drug-likeness (QED) is 0.660. The van der Waals surface area contributed by atoms with E-state index in [0.717, 1.165) is 42.1 Å². The molecule has 1 aliphatic rings. The van der Waals surface area contributed by atoms with E-state index in [1.165, 1.54) is 18.9 Å². The van der Waals surface area contributed by atoms with E-state index in [0.29, 0.717) is 0 Å². The Kier molecular flexibility index (Phi) is 5.51. The number of nitro benzene ring substituents is 1. The zero-order valence-electron chi connectivity index (χ0n) is 11.6. The van der Waals surface area contributed by atoms with Gasteiger partial charge in [0.25, 0.3) is 5.69 Å². The Hall–Kier alpha value is -0.980. The van der Waals surface area contributed by atoms with Gasteiger partial charge in [-0.15, -0.1) is 0 Å². The molecule has 1 aromatic rings. The van der Waals surface area contributed by atoms with E-state index >= 15 is 0 Å². The van der Waals surface area contributed by atoms with Crippen molar-refractivity contribution in [1.29, 1.82) is 0 Å². The molecule has 110 valence electrons. The minimum atomic E-state index is -0.346. The van der Waals surface area contributed by atoms with E-state index in [1.54, 1.807) is 6.07 Å². The summed E-state index contributed by atoms with van der Waals surface area (Å²) >= 11 is 3.34. The number of non-ortho nitro benzene ring substituents is 1. The van der Waals surface area contributed by atoms with Crippen LogP contribution in [0.4, 0.5) is 5.69 Å². The van der Waals surface area contributed by atoms with Crippen molar-refractivity contribution in [2.24, 2.45) is 5.92 Å². The Morgan fingerprint density at radius 1 is 1.40 bits per heavy atom. The smallest absolute Gasteiger partial charge is 0.270 e. The van der Waals surface area contributed by atoms with Crippen LogP contribution < -0.4 is 5.32 Å². The topological polar surface area (TPSA) is 58.4 Å². The fourth-order valence-corrected chi connectivity index (χ4v) is 3.24. The van der Waals surface area contributed by atoms with Gasteiger partial charge < -0.3 is 10.2 Å². The molecule has 0 saturated carbocycles. The van der Waals surface area contributed by atoms with Gasteiger partial charge in [0.2, 0.25) is 0 Å². The Balaban J connectivity index is 1.96. The molecule has 0 aliphatic carbocycles. The summed E-state index contributed by atoms with van der Waals surface area (Å²) in [6.07, 6.45) is 2.42. The molecule has 1 aliphatic heterocycles. The van der Waals surface area contributed by atoms with Crippen molar-refractivity contribution < 1.29 is 4.92 Å². The maximum Gasteiger partial charge on any atom is 0.270 e. The van der Waals surface area contributed by atoms with E-state index in [-0.39, 0.29) is 10.6 Å². The van der Waals surface area contributed by atoms with Gasteiger partial charge in [-0.2, -0.15) is 0 Å². The highest BCUT2D eigenvalue weighted by atomic mass is 79.9. The molecule has 6 heteroatoms. The zero-order chi connectivity index (χ0) is 14.5. The van der Waals surface area contributed by atoms with Crippen molar-refractivity contribution in [3.63, 3.8) is 0 Å². The average molecular weight is 342 g/mol. The van der Waals surface area contributed by atoms with Crippen molar-refractivity contribution in [3.05, 3.63) is 38.3 Å². The molecule has 20 heavy (non-hydrogen) atoms. The number of nitrogens with zero attached hydrogens (tertiary/aromatic N) is 2. The predicted molar refractivity (Wildman–Crippen MR) is 82.7 cm³/mol. The van der Waals surface area contributed by atoms with Gasteiger partial charge in [0, 0.05) is 29.7 Å². The van der Waals surface area contributed by atoms with Crippen molar-refractivity contribution in [2.75, 3.05) is 26.7 Å². The van der Waals surface area contributed by atoms with E-state index in [1.807, 2.05) is 6.07 Å². The van der Waals surface area contributed by atoms with Crippen LogP contribution in [0.5, 0.6) is 0 Å². The first-order chi connectivity index (χ1) is 9.54. The summed E-state index contributed by atoms with van der Waals surface area (Å²) in [7, 11) is 2.08. The highest BCUT2D eigenvalue weighted by Crippen LogP contribution is 2.22. The van der Waals surface area contributed by atoms with E-state index in [4.69, 9.17) is 0 Å². The van der Waals surface area contributed by atoms with Crippen molar-refractivity contribution in [3.8, 4) is 0 Å². The lowest BCUT2D eigenvalue weighted by atomic mass is 9.97. The van der Waals surface area contributed by atoms with Crippen LogP contribution in [0.1, 0.15) is 18.4 Å². The number of nitro groups is 1. The molecule has 1 aromatic carbocycles. The monoisotopic (exact) mass is 341 g/mol. The van der Waals surface area contributed by atoms with Crippen LogP contribution >= 0.6 is 15.9 Å². The summed E-state index contributed by atoms with van der Waals surface area (Å²) in [5, 5.41) is 14.2. The molecule has 5 nitrogen and oxygen atoms in total. The maximum absolute atomic E-state index is 10.9. The van der Waals surface area contributed by atoms with Crippen molar-refractivity contribution in [2.45, 2.75) is 19.4 Å². The molecule has 0 radical (unpaired) electrons. The second-order valence-electron chi connectivity index (χ2n) is 5.46. The van der Waals surface area contributed by atoms with Gasteiger partial charge in [-0.1, -0.05) is 15.9 Å². The van der Waals surface area contributed by atoms with E-state index < -0.39 is 0 Å². The predicted octanol–water partition coefficient (Wildman–Crippen LogP) is 2.79. The highest BCUT2D eigenvalue weighted by Gasteiger charge is 2.16. The second-order valence-corrected chi connectivity index (χ2v) is 6.38. The van der Waals surface area contributed by atoms with Crippen molar-refractivity contribution in [1.82, 2.24) is 10.2 Å². The van der Waals surface area contributed by atoms with Gasteiger partial charge in [0.05, 0.1) is 4.92 Å². The minimum absolute atomic E-state index is 0.143. The lowest BCUT2D eigenvalue weighted by Gasteiger charge is -2.27. The van der Waals surface area contributed by atoms with Crippen LogP contribution in [0.2, 0.25) is 0 Å². The normalized spacial score (nSPS) is 16.6. The van der Waals surface area contributed by atoms with Gasteiger partial charge in [0.1, 0.15) is 0 Å². The van der Waals surface area contributed by atoms with Crippen LogP contribution in [0.15, 0.2) is 22.7 Å². The molecule has 0 spiro atoms. The van der Waals surface area contributed by atoms with Gasteiger partial charge in [-0.3, -0.25) is 10.1 Å². The minimum Gasteiger partial charge on any atom is -0.317 e. The molecule has 2 rings (SSSR count). The molecule has 0 aromatic heterocycles. The Labute approximate surface area is 127 Å². The SMILES string of the molecule is CN(Cc1cc(Br)cc([N+](=O)[O-])c1)CC1CCNCC1. The summed E-state index contributed by atoms with van der Waals surface area (Å²) in [6, 6.07) is 5.14. The number of nitrogens with one attached hydrogen (secondary N) is 1. The van der Waals surface area contributed by atoms with Crippen LogP contribution in [0.3, 0.4) is 0 Å².